The topological polar surface area (TPSA) is 19.0 Å². The van der Waals surface area contributed by atoms with Gasteiger partial charge in [-0.05, 0) is 28.6 Å². The van der Waals surface area contributed by atoms with Gasteiger partial charge < -0.3 is 4.98 Å². The summed E-state index contributed by atoms with van der Waals surface area (Å²) in [5, 5.41) is 1.31. The third kappa shape index (κ3) is 2.73. The molecule has 1 fully saturated rings. The zero-order valence-corrected chi connectivity index (χ0v) is 14.7. The van der Waals surface area contributed by atoms with Gasteiger partial charge in [-0.3, -0.25) is 4.90 Å². The molecule has 26 heavy (non-hydrogen) atoms. The van der Waals surface area contributed by atoms with Gasteiger partial charge in [0.15, 0.2) is 0 Å². The van der Waals surface area contributed by atoms with Gasteiger partial charge in [0.25, 0.3) is 0 Å². The van der Waals surface area contributed by atoms with Crippen LogP contribution in [0.15, 0.2) is 91.0 Å². The first-order valence-corrected chi connectivity index (χ1v) is 9.30. The molecule has 1 aromatic heterocycles. The molecule has 2 nitrogen and oxygen atoms in total. The highest BCUT2D eigenvalue weighted by molar-refractivity contribution is 5.80. The zero-order valence-electron chi connectivity index (χ0n) is 14.7. The van der Waals surface area contributed by atoms with Crippen LogP contribution in [0.5, 0.6) is 0 Å². The molecule has 1 saturated heterocycles. The van der Waals surface area contributed by atoms with Crippen LogP contribution in [0.2, 0.25) is 0 Å². The fourth-order valence-electron chi connectivity index (χ4n) is 4.12. The number of hydrogen-bond acceptors (Lipinski definition) is 1. The number of aromatic nitrogens is 1. The Labute approximate surface area is 154 Å². The van der Waals surface area contributed by atoms with Crippen LogP contribution in [0.1, 0.15) is 28.8 Å². The SMILES string of the molecule is c1ccc(C(c2ccccc2)N2CC(c3cc4ccccc4[nH]3)C2)cc1. The van der Waals surface area contributed by atoms with Gasteiger partial charge in [0.05, 0.1) is 6.04 Å². The van der Waals surface area contributed by atoms with Crippen LogP contribution in [0, 0.1) is 0 Å². The van der Waals surface area contributed by atoms with Gasteiger partial charge in [0.1, 0.15) is 0 Å². The first kappa shape index (κ1) is 15.4. The summed E-state index contributed by atoms with van der Waals surface area (Å²) in [5.41, 5.74) is 5.34. The van der Waals surface area contributed by atoms with Gasteiger partial charge in [-0.25, -0.2) is 0 Å². The Hall–Kier alpha value is -2.84. The van der Waals surface area contributed by atoms with Crippen LogP contribution >= 0.6 is 0 Å². The van der Waals surface area contributed by atoms with E-state index in [0.717, 1.165) is 13.1 Å². The van der Waals surface area contributed by atoms with Crippen molar-refractivity contribution in [2.75, 3.05) is 13.1 Å². The zero-order chi connectivity index (χ0) is 17.3. The van der Waals surface area contributed by atoms with Crippen LogP contribution in [0.4, 0.5) is 0 Å². The minimum atomic E-state index is 0.332. The molecule has 2 heterocycles. The van der Waals surface area contributed by atoms with Crippen molar-refractivity contribution in [1.29, 1.82) is 0 Å². The van der Waals surface area contributed by atoms with Crippen LogP contribution in [-0.4, -0.2) is 23.0 Å². The van der Waals surface area contributed by atoms with E-state index >= 15 is 0 Å². The molecule has 0 atom stereocenters. The standard InChI is InChI=1S/C24H22N2/c1-3-9-18(10-4-1)24(19-11-5-2-6-12-19)26-16-21(17-26)23-15-20-13-7-8-14-22(20)25-23/h1-15,21,24-25H,16-17H2. The molecule has 5 rings (SSSR count). The van der Waals surface area contributed by atoms with E-state index in [1.165, 1.54) is 27.7 Å². The number of nitrogens with zero attached hydrogens (tertiary/aromatic N) is 1. The number of hydrogen-bond donors (Lipinski definition) is 1. The Bertz CT molecular complexity index is 926. The number of rotatable bonds is 4. The van der Waals surface area contributed by atoms with Gasteiger partial charge in [0, 0.05) is 30.2 Å². The van der Waals surface area contributed by atoms with Crippen LogP contribution in [0.25, 0.3) is 10.9 Å². The summed E-state index contributed by atoms with van der Waals surface area (Å²) in [4.78, 5) is 6.19. The molecule has 128 valence electrons. The second-order valence-corrected chi connectivity index (χ2v) is 7.19. The van der Waals surface area contributed by atoms with E-state index < -0.39 is 0 Å². The number of fused-ring (bicyclic) bond motifs is 1. The Morgan fingerprint density at radius 3 is 1.92 bits per heavy atom. The maximum Gasteiger partial charge on any atom is 0.0602 e. The maximum absolute atomic E-state index is 3.61. The highest BCUT2D eigenvalue weighted by atomic mass is 15.2. The molecule has 0 bridgehead atoms. The molecule has 4 aromatic rings. The molecule has 0 spiro atoms. The molecule has 0 unspecified atom stereocenters. The van der Waals surface area contributed by atoms with E-state index in [1.807, 2.05) is 0 Å². The monoisotopic (exact) mass is 338 g/mol. The normalized spacial score (nSPS) is 15.4. The molecule has 0 radical (unpaired) electrons. The largest absolute Gasteiger partial charge is 0.358 e. The Balaban J connectivity index is 1.41. The third-order valence-corrected chi connectivity index (χ3v) is 5.50. The summed E-state index contributed by atoms with van der Waals surface area (Å²) in [7, 11) is 0. The Morgan fingerprint density at radius 2 is 1.31 bits per heavy atom. The van der Waals surface area contributed by atoms with Crippen molar-refractivity contribution in [1.82, 2.24) is 9.88 Å². The van der Waals surface area contributed by atoms with E-state index in [1.54, 1.807) is 0 Å². The van der Waals surface area contributed by atoms with Crippen molar-refractivity contribution >= 4 is 10.9 Å². The van der Waals surface area contributed by atoms with Crippen molar-refractivity contribution in [3.63, 3.8) is 0 Å². The first-order valence-electron chi connectivity index (χ1n) is 9.30. The predicted molar refractivity (Wildman–Crippen MR) is 107 cm³/mol. The molecular weight excluding hydrogens is 316 g/mol. The van der Waals surface area contributed by atoms with E-state index in [2.05, 4.69) is 101 Å². The molecule has 0 aliphatic carbocycles. The van der Waals surface area contributed by atoms with E-state index in [-0.39, 0.29) is 0 Å². The van der Waals surface area contributed by atoms with Crippen molar-refractivity contribution in [2.24, 2.45) is 0 Å². The average molecular weight is 338 g/mol. The highest BCUT2D eigenvalue weighted by Crippen LogP contribution is 2.38. The number of likely N-dealkylation sites (tertiary alicyclic amines) is 1. The molecule has 2 heteroatoms. The second kappa shape index (κ2) is 6.47. The number of H-pyrrole nitrogens is 1. The molecule has 3 aromatic carbocycles. The van der Waals surface area contributed by atoms with Crippen molar-refractivity contribution in [3.05, 3.63) is 108 Å². The fourth-order valence-corrected chi connectivity index (χ4v) is 4.12. The minimum Gasteiger partial charge on any atom is -0.358 e. The van der Waals surface area contributed by atoms with Gasteiger partial charge in [-0.15, -0.1) is 0 Å². The average Bonchev–Trinajstić information content (AvgIpc) is 3.09. The highest BCUT2D eigenvalue weighted by Gasteiger charge is 2.35. The molecule has 1 N–H and O–H groups in total. The number of aromatic amines is 1. The summed E-state index contributed by atoms with van der Waals surface area (Å²) < 4.78 is 0. The van der Waals surface area contributed by atoms with Crippen molar-refractivity contribution in [2.45, 2.75) is 12.0 Å². The molecule has 1 aliphatic heterocycles. The van der Waals surface area contributed by atoms with Gasteiger partial charge >= 0.3 is 0 Å². The second-order valence-electron chi connectivity index (χ2n) is 7.19. The smallest absolute Gasteiger partial charge is 0.0602 e. The van der Waals surface area contributed by atoms with Gasteiger partial charge in [-0.1, -0.05) is 78.9 Å². The van der Waals surface area contributed by atoms with Gasteiger partial charge in [-0.2, -0.15) is 0 Å². The lowest BCUT2D eigenvalue weighted by atomic mass is 9.89. The van der Waals surface area contributed by atoms with E-state index in [4.69, 9.17) is 0 Å². The maximum atomic E-state index is 3.61. The lowest BCUT2D eigenvalue weighted by Gasteiger charge is -2.44. The number of para-hydroxylation sites is 1. The van der Waals surface area contributed by atoms with Crippen LogP contribution < -0.4 is 0 Å². The molecule has 0 amide bonds. The van der Waals surface area contributed by atoms with Crippen molar-refractivity contribution in [3.8, 4) is 0 Å². The molecule has 0 saturated carbocycles. The third-order valence-electron chi connectivity index (χ3n) is 5.50. The first-order chi connectivity index (χ1) is 12.9. The van der Waals surface area contributed by atoms with Crippen LogP contribution in [0.3, 0.4) is 0 Å². The summed E-state index contributed by atoms with van der Waals surface area (Å²) in [6, 6.07) is 32.9. The summed E-state index contributed by atoms with van der Waals surface area (Å²) in [6.45, 7) is 2.17. The fraction of sp³-hybridized carbons (Fsp3) is 0.167. The molecule has 1 aliphatic rings. The van der Waals surface area contributed by atoms with Gasteiger partial charge in [0.2, 0.25) is 0 Å². The van der Waals surface area contributed by atoms with Crippen LogP contribution in [-0.2, 0) is 0 Å². The van der Waals surface area contributed by atoms with Crippen molar-refractivity contribution < 1.29 is 0 Å². The summed E-state index contributed by atoms with van der Waals surface area (Å²) in [6.07, 6.45) is 0. The number of benzene rings is 3. The quantitative estimate of drug-likeness (QED) is 0.531. The summed E-state index contributed by atoms with van der Waals surface area (Å²) >= 11 is 0. The minimum absolute atomic E-state index is 0.332. The lowest BCUT2D eigenvalue weighted by Crippen LogP contribution is -2.47. The summed E-state index contributed by atoms with van der Waals surface area (Å²) in [5.74, 6) is 0.581. The Morgan fingerprint density at radius 1 is 0.731 bits per heavy atom. The van der Waals surface area contributed by atoms with E-state index in [9.17, 15) is 0 Å². The Kier molecular flexibility index (Phi) is 3.84. The number of nitrogens with one attached hydrogen (secondary N) is 1. The van der Waals surface area contributed by atoms with E-state index in [0.29, 0.717) is 12.0 Å². The lowest BCUT2D eigenvalue weighted by molar-refractivity contribution is 0.109. The molecular formula is C24H22N2. The predicted octanol–water partition coefficient (Wildman–Crippen LogP) is 5.36.